The van der Waals surface area contributed by atoms with Crippen molar-refractivity contribution in [2.45, 2.75) is 71.0 Å². The molecule has 178 valence electrons. The van der Waals surface area contributed by atoms with Crippen LogP contribution in [-0.2, 0) is 14.2 Å². The summed E-state index contributed by atoms with van der Waals surface area (Å²) in [6, 6.07) is -0.0903. The van der Waals surface area contributed by atoms with E-state index in [9.17, 15) is 9.59 Å². The Morgan fingerprint density at radius 1 is 1.06 bits per heavy atom. The lowest BCUT2D eigenvalue weighted by Gasteiger charge is -2.37. The first-order valence-corrected chi connectivity index (χ1v) is 10.6. The minimum atomic E-state index is -0.472. The fourth-order valence-corrected chi connectivity index (χ4v) is 2.34. The normalized spacial score (nSPS) is 20.5. The second-order valence-corrected chi connectivity index (χ2v) is 9.70. The standard InChI is InChI=1S/C8H14N4O2.C8H15NO3.C3H5ClO/c1-8(2,3)14-7(13)12-4-6(5-12)10-11-9;1-8(2,3)12-7(11)9-4-6(10)5-9;4-1-3-2-5-3/h6H,4-5H2,1-3H3;6,10H,4-5H2,1-3H3;3H,1-2H2. The topological polar surface area (TPSA) is 141 Å². The third kappa shape index (κ3) is 11.9. The summed E-state index contributed by atoms with van der Waals surface area (Å²) in [5, 5.41) is 12.4. The molecule has 0 aliphatic carbocycles. The Morgan fingerprint density at radius 3 is 1.74 bits per heavy atom. The molecule has 3 aliphatic heterocycles. The zero-order chi connectivity index (χ0) is 23.8. The summed E-state index contributed by atoms with van der Waals surface area (Å²) in [4.78, 5) is 28.2. The van der Waals surface area contributed by atoms with Crippen LogP contribution < -0.4 is 0 Å². The average Bonchev–Trinajstić information content (AvgIpc) is 3.37. The molecule has 12 heteroatoms. The number of aliphatic hydroxyl groups excluding tert-OH is 1. The number of rotatable bonds is 2. The predicted molar refractivity (Wildman–Crippen MR) is 115 cm³/mol. The summed E-state index contributed by atoms with van der Waals surface area (Å²) in [7, 11) is 0. The number of aliphatic hydroxyl groups is 1. The predicted octanol–water partition coefficient (Wildman–Crippen LogP) is 3.14. The van der Waals surface area contributed by atoms with Gasteiger partial charge in [0.2, 0.25) is 0 Å². The van der Waals surface area contributed by atoms with E-state index in [1.165, 1.54) is 9.80 Å². The van der Waals surface area contributed by atoms with Crippen molar-refractivity contribution in [3.63, 3.8) is 0 Å². The lowest BCUT2D eigenvalue weighted by Crippen LogP contribution is -2.54. The Balaban J connectivity index is 0.000000255. The van der Waals surface area contributed by atoms with E-state index in [0.717, 1.165) is 6.61 Å². The minimum Gasteiger partial charge on any atom is -0.444 e. The van der Waals surface area contributed by atoms with Gasteiger partial charge >= 0.3 is 12.2 Å². The van der Waals surface area contributed by atoms with Gasteiger partial charge in [-0.05, 0) is 47.1 Å². The van der Waals surface area contributed by atoms with Crippen LogP contribution in [0.15, 0.2) is 5.11 Å². The molecule has 31 heavy (non-hydrogen) atoms. The van der Waals surface area contributed by atoms with Crippen LogP contribution in [0.4, 0.5) is 9.59 Å². The van der Waals surface area contributed by atoms with E-state index in [1.54, 1.807) is 0 Å². The molecule has 0 aromatic carbocycles. The fourth-order valence-electron chi connectivity index (χ4n) is 2.16. The van der Waals surface area contributed by atoms with E-state index in [0.29, 0.717) is 38.2 Å². The van der Waals surface area contributed by atoms with Gasteiger partial charge < -0.3 is 29.1 Å². The maximum Gasteiger partial charge on any atom is 0.410 e. The molecule has 0 saturated carbocycles. The molecule has 2 amide bonds. The number of carbonyl (C=O) groups excluding carboxylic acids is 2. The van der Waals surface area contributed by atoms with Crippen LogP contribution in [0.2, 0.25) is 0 Å². The number of likely N-dealkylation sites (tertiary alicyclic amines) is 2. The Morgan fingerprint density at radius 2 is 1.48 bits per heavy atom. The third-order valence-corrected chi connectivity index (χ3v) is 4.16. The first-order valence-electron chi connectivity index (χ1n) is 10.1. The van der Waals surface area contributed by atoms with E-state index in [-0.39, 0.29) is 24.3 Å². The lowest BCUT2D eigenvalue weighted by atomic mass is 10.1. The van der Waals surface area contributed by atoms with Gasteiger partial charge in [-0.25, -0.2) is 9.59 Å². The third-order valence-electron chi connectivity index (χ3n) is 3.82. The number of alkyl halides is 1. The summed E-state index contributed by atoms with van der Waals surface area (Å²) < 4.78 is 14.9. The van der Waals surface area contributed by atoms with Crippen LogP contribution in [0.25, 0.3) is 10.4 Å². The number of halogens is 1. The first kappa shape index (κ1) is 27.1. The van der Waals surface area contributed by atoms with Gasteiger partial charge in [0.05, 0.1) is 43.8 Å². The molecule has 3 saturated heterocycles. The second kappa shape index (κ2) is 11.6. The summed E-state index contributed by atoms with van der Waals surface area (Å²) in [6.07, 6.45) is -0.649. The highest BCUT2D eigenvalue weighted by Crippen LogP contribution is 2.17. The lowest BCUT2D eigenvalue weighted by molar-refractivity contribution is -0.0303. The Kier molecular flexibility index (Phi) is 10.2. The highest BCUT2D eigenvalue weighted by Gasteiger charge is 2.33. The van der Waals surface area contributed by atoms with Crippen LogP contribution in [0.3, 0.4) is 0 Å². The monoisotopic (exact) mass is 463 g/mol. The number of nitrogens with zero attached hydrogens (tertiary/aromatic N) is 5. The van der Waals surface area contributed by atoms with Gasteiger partial charge in [0.1, 0.15) is 11.2 Å². The highest BCUT2D eigenvalue weighted by atomic mass is 35.5. The number of hydrogen-bond acceptors (Lipinski definition) is 7. The van der Waals surface area contributed by atoms with Crippen molar-refractivity contribution < 1.29 is 28.9 Å². The molecule has 3 fully saturated rings. The van der Waals surface area contributed by atoms with Gasteiger partial charge in [-0.15, -0.1) is 11.6 Å². The quantitative estimate of drug-likeness (QED) is 0.219. The number of epoxide rings is 1. The summed E-state index contributed by atoms with van der Waals surface area (Å²) in [5.74, 6) is 0.667. The van der Waals surface area contributed by atoms with E-state index >= 15 is 0 Å². The van der Waals surface area contributed by atoms with Crippen LogP contribution in [0, 0.1) is 0 Å². The zero-order valence-electron chi connectivity index (χ0n) is 19.1. The van der Waals surface area contributed by atoms with E-state index < -0.39 is 11.2 Å². The molecule has 3 aliphatic rings. The van der Waals surface area contributed by atoms with Crippen molar-refractivity contribution in [3.8, 4) is 0 Å². The van der Waals surface area contributed by atoms with Crippen molar-refractivity contribution >= 4 is 23.8 Å². The second-order valence-electron chi connectivity index (χ2n) is 9.39. The van der Waals surface area contributed by atoms with Crippen LogP contribution in [-0.4, -0.2) is 95.2 Å². The van der Waals surface area contributed by atoms with E-state index in [1.807, 2.05) is 41.5 Å². The first-order chi connectivity index (χ1) is 14.2. The molecule has 1 unspecified atom stereocenters. The molecule has 1 atom stereocenters. The van der Waals surface area contributed by atoms with Gasteiger partial charge in [0, 0.05) is 18.0 Å². The largest absolute Gasteiger partial charge is 0.444 e. The molecule has 11 nitrogen and oxygen atoms in total. The van der Waals surface area contributed by atoms with Crippen LogP contribution >= 0.6 is 11.6 Å². The van der Waals surface area contributed by atoms with Crippen molar-refractivity contribution in [3.05, 3.63) is 10.4 Å². The van der Waals surface area contributed by atoms with Crippen molar-refractivity contribution in [1.29, 1.82) is 0 Å². The van der Waals surface area contributed by atoms with Gasteiger partial charge in [-0.1, -0.05) is 5.11 Å². The van der Waals surface area contributed by atoms with Crippen LogP contribution in [0.5, 0.6) is 0 Å². The Bertz CT molecular complexity index is 643. The number of β-amino-alcohol motifs (C(OH)–C–C–N with tert-alkyl or cyclic N) is 1. The number of hydrogen-bond donors (Lipinski definition) is 1. The van der Waals surface area contributed by atoms with Gasteiger partial charge in [0.15, 0.2) is 0 Å². The van der Waals surface area contributed by atoms with Crippen molar-refractivity contribution in [2.75, 3.05) is 38.7 Å². The molecule has 0 aromatic rings. The van der Waals surface area contributed by atoms with Crippen LogP contribution in [0.1, 0.15) is 41.5 Å². The molecule has 0 bridgehead atoms. The molecular formula is C19H34ClN5O6. The fraction of sp³-hybridized carbons (Fsp3) is 0.895. The average molecular weight is 464 g/mol. The molecule has 0 aromatic heterocycles. The maximum atomic E-state index is 11.4. The molecular weight excluding hydrogens is 430 g/mol. The van der Waals surface area contributed by atoms with Crippen molar-refractivity contribution in [1.82, 2.24) is 9.80 Å². The van der Waals surface area contributed by atoms with E-state index in [4.69, 9.17) is 36.4 Å². The number of amides is 2. The Hall–Kier alpha value is -1.94. The zero-order valence-corrected chi connectivity index (χ0v) is 19.8. The minimum absolute atomic E-state index is 0.0903. The number of azide groups is 1. The molecule has 3 rings (SSSR count). The molecule has 1 N–H and O–H groups in total. The number of carbonyl (C=O) groups is 2. The van der Waals surface area contributed by atoms with Gasteiger partial charge in [0.25, 0.3) is 0 Å². The van der Waals surface area contributed by atoms with Crippen molar-refractivity contribution in [2.24, 2.45) is 5.11 Å². The SMILES string of the molecule is CC(C)(C)OC(=O)N1CC(N=[N+]=[N-])C1.CC(C)(C)OC(=O)N1CC(O)C1.ClCC1CO1. The maximum absolute atomic E-state index is 11.4. The Labute approximate surface area is 188 Å². The summed E-state index contributed by atoms with van der Waals surface area (Å²) in [5.41, 5.74) is 7.22. The van der Waals surface area contributed by atoms with E-state index in [2.05, 4.69) is 10.0 Å². The summed E-state index contributed by atoms with van der Waals surface area (Å²) >= 11 is 5.27. The molecule has 3 heterocycles. The smallest absolute Gasteiger partial charge is 0.410 e. The number of ether oxygens (including phenoxy) is 3. The summed E-state index contributed by atoms with van der Waals surface area (Å²) in [6.45, 7) is 13.5. The molecule has 0 radical (unpaired) electrons. The highest BCUT2D eigenvalue weighted by molar-refractivity contribution is 6.18. The molecule has 0 spiro atoms. The van der Waals surface area contributed by atoms with Gasteiger partial charge in [-0.3, -0.25) is 0 Å². The van der Waals surface area contributed by atoms with Gasteiger partial charge in [-0.2, -0.15) is 0 Å².